The van der Waals surface area contributed by atoms with Gasteiger partial charge < -0.3 is 14.1 Å². The number of furan rings is 1. The number of nitrogens with zero attached hydrogens (tertiary/aromatic N) is 6. The topological polar surface area (TPSA) is 89.5 Å². The van der Waals surface area contributed by atoms with Crippen LogP contribution in [0.2, 0.25) is 5.02 Å². The maximum Gasteiger partial charge on any atom is 0.289 e. The zero-order chi connectivity index (χ0) is 21.9. The average Bonchev–Trinajstić information content (AvgIpc) is 3.60. The molecule has 5 rings (SSSR count). The van der Waals surface area contributed by atoms with E-state index in [1.165, 1.54) is 6.26 Å². The van der Waals surface area contributed by atoms with Gasteiger partial charge in [-0.3, -0.25) is 9.69 Å². The molecular weight excluding hydrogens is 432 g/mol. The highest BCUT2D eigenvalue weighted by Gasteiger charge is 2.33. The summed E-state index contributed by atoms with van der Waals surface area (Å²) in [7, 11) is 0. The van der Waals surface area contributed by atoms with Gasteiger partial charge in [0.25, 0.3) is 5.91 Å². The number of benzene rings is 1. The Morgan fingerprint density at radius 2 is 1.97 bits per heavy atom. The van der Waals surface area contributed by atoms with Crippen molar-refractivity contribution in [3.8, 4) is 0 Å². The standard InChI is InChI=1S/C22H25ClN6O3/c23-17-7-5-16(6-8-17)20(21-24-25-26-29(21)15-18-3-1-13-31-18)27-9-11-28(12-10-27)22(30)19-4-2-14-32-19/h2,4-8,14,18,20H,1,3,9-13,15H2/t18-,20-/m0/s1. The number of aromatic nitrogens is 4. The predicted octanol–water partition coefficient (Wildman–Crippen LogP) is 2.65. The zero-order valence-electron chi connectivity index (χ0n) is 17.6. The van der Waals surface area contributed by atoms with Gasteiger partial charge in [0, 0.05) is 37.8 Å². The first-order valence-corrected chi connectivity index (χ1v) is 11.3. The van der Waals surface area contributed by atoms with Crippen molar-refractivity contribution in [3.63, 3.8) is 0 Å². The molecule has 10 heteroatoms. The molecule has 0 N–H and O–H groups in total. The highest BCUT2D eigenvalue weighted by molar-refractivity contribution is 6.30. The summed E-state index contributed by atoms with van der Waals surface area (Å²) in [5.74, 6) is 1.06. The molecule has 0 bridgehead atoms. The van der Waals surface area contributed by atoms with E-state index in [1.807, 2.05) is 33.8 Å². The second-order valence-electron chi connectivity index (χ2n) is 8.11. The van der Waals surface area contributed by atoms with Gasteiger partial charge in [-0.1, -0.05) is 23.7 Å². The highest BCUT2D eigenvalue weighted by Crippen LogP contribution is 2.30. The molecule has 1 aromatic carbocycles. The highest BCUT2D eigenvalue weighted by atomic mass is 35.5. The van der Waals surface area contributed by atoms with E-state index in [1.54, 1.807) is 12.1 Å². The summed E-state index contributed by atoms with van der Waals surface area (Å²) in [6, 6.07) is 11.1. The van der Waals surface area contributed by atoms with Crippen molar-refractivity contribution < 1.29 is 13.9 Å². The summed E-state index contributed by atoms with van der Waals surface area (Å²) >= 11 is 6.15. The number of carbonyl (C=O) groups is 1. The third kappa shape index (κ3) is 4.41. The van der Waals surface area contributed by atoms with Crippen LogP contribution in [0.5, 0.6) is 0 Å². The molecular formula is C22H25ClN6O3. The first-order valence-electron chi connectivity index (χ1n) is 10.9. The summed E-state index contributed by atoms with van der Waals surface area (Å²) in [6.45, 7) is 3.98. The molecule has 2 saturated heterocycles. The Kier molecular flexibility index (Phi) is 6.20. The normalized spacial score (nSPS) is 20.5. The van der Waals surface area contributed by atoms with Crippen LogP contribution in [0.4, 0.5) is 0 Å². The number of hydrogen-bond donors (Lipinski definition) is 0. The summed E-state index contributed by atoms with van der Waals surface area (Å²) in [5, 5.41) is 13.3. The van der Waals surface area contributed by atoms with Gasteiger partial charge in [-0.2, -0.15) is 0 Å². The van der Waals surface area contributed by atoms with E-state index in [4.69, 9.17) is 20.8 Å². The van der Waals surface area contributed by atoms with E-state index >= 15 is 0 Å². The number of hydrogen-bond acceptors (Lipinski definition) is 7. The second-order valence-corrected chi connectivity index (χ2v) is 8.55. The van der Waals surface area contributed by atoms with E-state index in [-0.39, 0.29) is 18.1 Å². The Bertz CT molecular complexity index is 1020. The molecule has 9 nitrogen and oxygen atoms in total. The summed E-state index contributed by atoms with van der Waals surface area (Å²) in [5.41, 5.74) is 1.06. The monoisotopic (exact) mass is 456 g/mol. The van der Waals surface area contributed by atoms with Gasteiger partial charge in [0.1, 0.15) is 0 Å². The number of amides is 1. The average molecular weight is 457 g/mol. The number of piperazine rings is 1. The molecule has 2 fully saturated rings. The van der Waals surface area contributed by atoms with Crippen LogP contribution in [0.1, 0.15) is 40.8 Å². The minimum absolute atomic E-state index is 0.0825. The molecule has 32 heavy (non-hydrogen) atoms. The maximum absolute atomic E-state index is 12.7. The predicted molar refractivity (Wildman–Crippen MR) is 116 cm³/mol. The molecule has 0 spiro atoms. The molecule has 2 atom stereocenters. The van der Waals surface area contributed by atoms with Crippen LogP contribution in [0.25, 0.3) is 0 Å². The molecule has 0 unspecified atom stereocenters. The molecule has 4 heterocycles. The number of tetrazole rings is 1. The number of rotatable bonds is 6. The lowest BCUT2D eigenvalue weighted by atomic mass is 10.0. The van der Waals surface area contributed by atoms with Crippen molar-refractivity contribution in [2.75, 3.05) is 32.8 Å². The van der Waals surface area contributed by atoms with Crippen LogP contribution in [0, 0.1) is 0 Å². The molecule has 1 amide bonds. The van der Waals surface area contributed by atoms with Crippen LogP contribution in [-0.4, -0.2) is 74.8 Å². The molecule has 2 aliphatic rings. The fraction of sp³-hybridized carbons (Fsp3) is 0.455. The first-order chi connectivity index (χ1) is 15.7. The van der Waals surface area contributed by atoms with Crippen molar-refractivity contribution in [1.29, 1.82) is 0 Å². The maximum atomic E-state index is 12.7. The Hall–Kier alpha value is -2.75. The Morgan fingerprint density at radius 3 is 2.66 bits per heavy atom. The Morgan fingerprint density at radius 1 is 1.16 bits per heavy atom. The van der Waals surface area contributed by atoms with E-state index in [2.05, 4.69) is 20.4 Å². The van der Waals surface area contributed by atoms with E-state index in [0.717, 1.165) is 30.8 Å². The molecule has 168 valence electrons. The van der Waals surface area contributed by atoms with Crippen molar-refractivity contribution in [1.82, 2.24) is 30.0 Å². The third-order valence-corrected chi connectivity index (χ3v) is 6.34. The lowest BCUT2D eigenvalue weighted by molar-refractivity contribution is 0.0551. The molecule has 0 saturated carbocycles. The fourth-order valence-electron chi connectivity index (χ4n) is 4.43. The first kappa shape index (κ1) is 21.1. The molecule has 2 aliphatic heterocycles. The summed E-state index contributed by atoms with van der Waals surface area (Å²) in [6.07, 6.45) is 3.73. The zero-order valence-corrected chi connectivity index (χ0v) is 18.4. The van der Waals surface area contributed by atoms with Crippen LogP contribution in [0.15, 0.2) is 47.1 Å². The van der Waals surface area contributed by atoms with E-state index in [9.17, 15) is 4.79 Å². The lowest BCUT2D eigenvalue weighted by Crippen LogP contribution is -2.50. The van der Waals surface area contributed by atoms with Crippen molar-refractivity contribution >= 4 is 17.5 Å². The van der Waals surface area contributed by atoms with Gasteiger partial charge >= 0.3 is 0 Å². The van der Waals surface area contributed by atoms with Crippen LogP contribution in [-0.2, 0) is 11.3 Å². The van der Waals surface area contributed by atoms with Gasteiger partial charge in [0.2, 0.25) is 0 Å². The van der Waals surface area contributed by atoms with Crippen molar-refractivity contribution in [2.45, 2.75) is 31.5 Å². The van der Waals surface area contributed by atoms with Crippen LogP contribution >= 0.6 is 11.6 Å². The summed E-state index contributed by atoms with van der Waals surface area (Å²) < 4.78 is 12.9. The van der Waals surface area contributed by atoms with Gasteiger partial charge in [-0.25, -0.2) is 4.68 Å². The van der Waals surface area contributed by atoms with Gasteiger partial charge in [-0.05, 0) is 53.1 Å². The largest absolute Gasteiger partial charge is 0.459 e. The second kappa shape index (κ2) is 9.40. The molecule has 2 aromatic heterocycles. The smallest absolute Gasteiger partial charge is 0.289 e. The third-order valence-electron chi connectivity index (χ3n) is 6.09. The number of carbonyl (C=O) groups excluding carboxylic acids is 1. The van der Waals surface area contributed by atoms with Crippen LogP contribution < -0.4 is 0 Å². The molecule has 0 aliphatic carbocycles. The minimum atomic E-state index is -0.149. The fourth-order valence-corrected chi connectivity index (χ4v) is 4.55. The van der Waals surface area contributed by atoms with Crippen molar-refractivity contribution in [2.24, 2.45) is 0 Å². The van der Waals surface area contributed by atoms with E-state index < -0.39 is 0 Å². The quantitative estimate of drug-likeness (QED) is 0.563. The van der Waals surface area contributed by atoms with Gasteiger partial charge in [0.05, 0.1) is 25.0 Å². The number of halogens is 1. The molecule has 0 radical (unpaired) electrons. The molecule has 3 aromatic rings. The minimum Gasteiger partial charge on any atom is -0.459 e. The van der Waals surface area contributed by atoms with Crippen LogP contribution in [0.3, 0.4) is 0 Å². The Balaban J connectivity index is 1.38. The summed E-state index contributed by atoms with van der Waals surface area (Å²) in [4.78, 5) is 16.8. The lowest BCUT2D eigenvalue weighted by Gasteiger charge is -2.38. The van der Waals surface area contributed by atoms with Gasteiger partial charge in [0.15, 0.2) is 11.6 Å². The van der Waals surface area contributed by atoms with Crippen molar-refractivity contribution in [3.05, 3.63) is 64.8 Å². The van der Waals surface area contributed by atoms with E-state index in [0.29, 0.717) is 43.5 Å². The van der Waals surface area contributed by atoms with Gasteiger partial charge in [-0.15, -0.1) is 5.10 Å². The SMILES string of the molecule is O=C(c1ccco1)N1CCN([C@@H](c2ccc(Cl)cc2)c2nnnn2C[C@@H]2CCCO2)CC1. The Labute approximate surface area is 190 Å². The number of ether oxygens (including phenoxy) is 1.